The fourth-order valence-corrected chi connectivity index (χ4v) is 2.44. The lowest BCUT2D eigenvalue weighted by Crippen LogP contribution is -2.14. The van der Waals surface area contributed by atoms with Gasteiger partial charge in [-0.3, -0.25) is 4.79 Å². The van der Waals surface area contributed by atoms with Gasteiger partial charge in [-0.1, -0.05) is 23.4 Å². The molecule has 1 aromatic carbocycles. The molecule has 0 unspecified atom stereocenters. The molecule has 3 N–H and O–H groups in total. The van der Waals surface area contributed by atoms with Gasteiger partial charge >= 0.3 is 0 Å². The van der Waals surface area contributed by atoms with Crippen LogP contribution in [0.15, 0.2) is 41.6 Å². The Morgan fingerprint density at radius 1 is 1.40 bits per heavy atom. The number of halogens is 1. The number of amides is 1. The number of nitrogens with zero attached hydrogens (tertiary/aromatic N) is 1. The number of thioether (sulfide) groups is 1. The molecular weight excluding hydrogens is 294 g/mol. The smallest absolute Gasteiger partial charge is 0.234 e. The summed E-state index contributed by atoms with van der Waals surface area (Å²) in [5.41, 5.74) is 7.86. The first-order valence-electron chi connectivity index (χ1n) is 5.95. The van der Waals surface area contributed by atoms with Crippen LogP contribution in [0.2, 0.25) is 5.02 Å². The predicted molar refractivity (Wildman–Crippen MR) is 84.2 cm³/mol. The maximum Gasteiger partial charge on any atom is 0.234 e. The fraction of sp³-hybridized carbons (Fsp3) is 0.143. The van der Waals surface area contributed by atoms with E-state index >= 15 is 0 Å². The summed E-state index contributed by atoms with van der Waals surface area (Å²) >= 11 is 7.23. The molecule has 0 bridgehead atoms. The topological polar surface area (TPSA) is 68.0 Å². The van der Waals surface area contributed by atoms with Crippen LogP contribution in [0.25, 0.3) is 0 Å². The van der Waals surface area contributed by atoms with E-state index in [0.717, 1.165) is 16.3 Å². The molecule has 4 nitrogen and oxygen atoms in total. The monoisotopic (exact) mass is 307 g/mol. The minimum absolute atomic E-state index is 0.0842. The fourth-order valence-electron chi connectivity index (χ4n) is 1.57. The van der Waals surface area contributed by atoms with E-state index in [0.29, 0.717) is 16.5 Å². The molecule has 104 valence electrons. The van der Waals surface area contributed by atoms with Gasteiger partial charge in [0.15, 0.2) is 0 Å². The van der Waals surface area contributed by atoms with E-state index in [2.05, 4.69) is 10.3 Å². The van der Waals surface area contributed by atoms with Crippen molar-refractivity contribution in [3.63, 3.8) is 0 Å². The van der Waals surface area contributed by atoms with E-state index in [1.165, 1.54) is 11.8 Å². The Balaban J connectivity index is 1.90. The van der Waals surface area contributed by atoms with Crippen LogP contribution >= 0.6 is 23.4 Å². The van der Waals surface area contributed by atoms with Gasteiger partial charge in [0.2, 0.25) is 5.91 Å². The lowest BCUT2D eigenvalue weighted by molar-refractivity contribution is -0.113. The van der Waals surface area contributed by atoms with Crippen molar-refractivity contribution in [3.05, 3.63) is 47.1 Å². The molecule has 2 aromatic rings. The van der Waals surface area contributed by atoms with Crippen LogP contribution in [0.4, 0.5) is 11.4 Å². The minimum atomic E-state index is -0.0842. The highest BCUT2D eigenvalue weighted by Crippen LogP contribution is 2.21. The van der Waals surface area contributed by atoms with Gasteiger partial charge in [0.1, 0.15) is 0 Å². The Labute approximate surface area is 126 Å². The zero-order chi connectivity index (χ0) is 14.5. The summed E-state index contributed by atoms with van der Waals surface area (Å²) in [7, 11) is 0. The van der Waals surface area contributed by atoms with Crippen LogP contribution in [0.1, 0.15) is 5.56 Å². The van der Waals surface area contributed by atoms with Crippen molar-refractivity contribution < 1.29 is 4.79 Å². The molecule has 1 amide bonds. The summed E-state index contributed by atoms with van der Waals surface area (Å²) in [5.74, 6) is 0.206. The molecular formula is C14H14ClN3OS. The Morgan fingerprint density at radius 3 is 2.85 bits per heavy atom. The molecule has 2 rings (SSSR count). The molecule has 0 aliphatic heterocycles. The number of pyridine rings is 1. The summed E-state index contributed by atoms with van der Waals surface area (Å²) in [4.78, 5) is 16.0. The third kappa shape index (κ3) is 4.15. The van der Waals surface area contributed by atoms with Crippen LogP contribution in [0, 0.1) is 6.92 Å². The van der Waals surface area contributed by atoms with Gasteiger partial charge < -0.3 is 11.1 Å². The van der Waals surface area contributed by atoms with Crippen molar-refractivity contribution in [1.82, 2.24) is 4.98 Å². The van der Waals surface area contributed by atoms with E-state index in [1.807, 2.05) is 13.0 Å². The molecule has 1 heterocycles. The first kappa shape index (κ1) is 14.7. The third-order valence-electron chi connectivity index (χ3n) is 2.57. The molecule has 0 aliphatic carbocycles. The lowest BCUT2D eigenvalue weighted by atomic mass is 10.2. The Bertz CT molecular complexity index is 616. The number of benzene rings is 1. The first-order chi connectivity index (χ1) is 9.54. The molecule has 0 spiro atoms. The zero-order valence-corrected chi connectivity index (χ0v) is 12.5. The number of anilines is 2. The van der Waals surface area contributed by atoms with Crippen molar-refractivity contribution in [3.8, 4) is 0 Å². The van der Waals surface area contributed by atoms with Crippen LogP contribution < -0.4 is 11.1 Å². The molecule has 20 heavy (non-hydrogen) atoms. The van der Waals surface area contributed by atoms with Crippen molar-refractivity contribution in [2.75, 3.05) is 16.8 Å². The van der Waals surface area contributed by atoms with Gasteiger partial charge in [-0.15, -0.1) is 0 Å². The van der Waals surface area contributed by atoms with Gasteiger partial charge in [0, 0.05) is 10.7 Å². The van der Waals surface area contributed by atoms with Crippen molar-refractivity contribution in [1.29, 1.82) is 0 Å². The van der Waals surface area contributed by atoms with Gasteiger partial charge in [-0.2, -0.15) is 0 Å². The largest absolute Gasteiger partial charge is 0.397 e. The van der Waals surface area contributed by atoms with E-state index in [-0.39, 0.29) is 5.91 Å². The number of aryl methyl sites for hydroxylation is 1. The molecule has 0 saturated carbocycles. The number of carbonyl (C=O) groups is 1. The molecule has 0 aliphatic rings. The maximum atomic E-state index is 11.9. The van der Waals surface area contributed by atoms with Crippen LogP contribution in [-0.4, -0.2) is 16.6 Å². The molecule has 0 radical (unpaired) electrons. The second-order valence-corrected chi connectivity index (χ2v) is 5.66. The van der Waals surface area contributed by atoms with Gasteiger partial charge in [0.25, 0.3) is 0 Å². The molecule has 1 aromatic heterocycles. The van der Waals surface area contributed by atoms with E-state index in [4.69, 9.17) is 17.3 Å². The molecule has 6 heteroatoms. The maximum absolute atomic E-state index is 11.9. The zero-order valence-electron chi connectivity index (χ0n) is 10.9. The standard InChI is InChI=1S/C14H14ClN3OS/c1-9-6-10(15)2-4-12(9)18-13(19)8-20-14-5-3-11(16)7-17-14/h2-7H,8,16H2,1H3,(H,18,19). The minimum Gasteiger partial charge on any atom is -0.397 e. The Kier molecular flexibility index (Phi) is 4.87. The number of hydrogen-bond donors (Lipinski definition) is 2. The summed E-state index contributed by atoms with van der Waals surface area (Å²) in [6.07, 6.45) is 1.57. The number of nitrogens with one attached hydrogen (secondary N) is 1. The summed E-state index contributed by atoms with van der Waals surface area (Å²) in [6.45, 7) is 1.90. The Morgan fingerprint density at radius 2 is 2.20 bits per heavy atom. The average Bonchev–Trinajstić information content (AvgIpc) is 2.41. The van der Waals surface area contributed by atoms with Gasteiger partial charge in [-0.05, 0) is 42.8 Å². The van der Waals surface area contributed by atoms with Gasteiger partial charge in [-0.25, -0.2) is 4.98 Å². The lowest BCUT2D eigenvalue weighted by Gasteiger charge is -2.08. The highest BCUT2D eigenvalue weighted by atomic mass is 35.5. The first-order valence-corrected chi connectivity index (χ1v) is 7.31. The quantitative estimate of drug-likeness (QED) is 0.850. The highest BCUT2D eigenvalue weighted by Gasteiger charge is 2.06. The van der Waals surface area contributed by atoms with E-state index < -0.39 is 0 Å². The normalized spacial score (nSPS) is 10.3. The molecule has 0 saturated heterocycles. The van der Waals surface area contributed by atoms with Crippen LogP contribution in [-0.2, 0) is 4.79 Å². The summed E-state index contributed by atoms with van der Waals surface area (Å²) < 4.78 is 0. The van der Waals surface area contributed by atoms with Crippen LogP contribution in [0.5, 0.6) is 0 Å². The molecule has 0 fully saturated rings. The van der Waals surface area contributed by atoms with Crippen LogP contribution in [0.3, 0.4) is 0 Å². The second-order valence-electron chi connectivity index (χ2n) is 4.23. The SMILES string of the molecule is Cc1cc(Cl)ccc1NC(=O)CSc1ccc(N)cn1. The van der Waals surface area contributed by atoms with Crippen molar-refractivity contribution in [2.45, 2.75) is 11.9 Å². The number of nitrogens with two attached hydrogens (primary N) is 1. The molecule has 0 atom stereocenters. The summed E-state index contributed by atoms with van der Waals surface area (Å²) in [6, 6.07) is 8.91. The predicted octanol–water partition coefficient (Wildman–Crippen LogP) is 3.36. The van der Waals surface area contributed by atoms with Gasteiger partial charge in [0.05, 0.1) is 22.7 Å². The van der Waals surface area contributed by atoms with Crippen molar-refractivity contribution >= 4 is 40.6 Å². The number of hydrogen-bond acceptors (Lipinski definition) is 4. The number of nitrogen functional groups attached to an aromatic ring is 1. The number of rotatable bonds is 4. The second kappa shape index (κ2) is 6.63. The summed E-state index contributed by atoms with van der Waals surface area (Å²) in [5, 5.41) is 4.27. The average molecular weight is 308 g/mol. The Hall–Kier alpha value is -1.72. The van der Waals surface area contributed by atoms with E-state index in [9.17, 15) is 4.79 Å². The third-order valence-corrected chi connectivity index (χ3v) is 3.75. The number of aromatic nitrogens is 1. The number of carbonyl (C=O) groups excluding carboxylic acids is 1. The van der Waals surface area contributed by atoms with E-state index in [1.54, 1.807) is 30.5 Å². The highest BCUT2D eigenvalue weighted by molar-refractivity contribution is 7.99. The van der Waals surface area contributed by atoms with Crippen molar-refractivity contribution in [2.24, 2.45) is 0 Å².